The monoisotopic (exact) mass is 325 g/mol. The van der Waals surface area contributed by atoms with E-state index >= 15 is 0 Å². The van der Waals surface area contributed by atoms with Crippen molar-refractivity contribution in [1.82, 2.24) is 0 Å². The van der Waals surface area contributed by atoms with Gasteiger partial charge in [0.15, 0.2) is 5.78 Å². The molecule has 102 valence electrons. The van der Waals surface area contributed by atoms with Crippen molar-refractivity contribution < 1.29 is 14.7 Å². The maximum Gasteiger partial charge on any atom is 0.340 e. The Morgan fingerprint density at radius 2 is 1.89 bits per heavy atom. The number of ketones is 1. The molecule has 0 heterocycles. The van der Waals surface area contributed by atoms with E-state index < -0.39 is 5.97 Å². The van der Waals surface area contributed by atoms with Crippen molar-refractivity contribution in [3.05, 3.63) is 40.5 Å². The quantitative estimate of drug-likeness (QED) is 0.477. The summed E-state index contributed by atoms with van der Waals surface area (Å²) in [6, 6.07) is 7.22. The van der Waals surface area contributed by atoms with Crippen LogP contribution < -0.4 is 5.32 Å². The third-order valence-corrected chi connectivity index (χ3v) is 2.88. The molecule has 0 aromatic heterocycles. The van der Waals surface area contributed by atoms with Crippen LogP contribution in [0, 0.1) is 5.92 Å². The van der Waals surface area contributed by atoms with Crippen LogP contribution in [0.1, 0.15) is 20.3 Å². The number of Topliss-reactive ketones (excluding diaryl/α,β-unsaturated/α-hetero) is 1. The number of aliphatic carboxylic acids is 1. The van der Waals surface area contributed by atoms with Crippen LogP contribution in [-0.2, 0) is 9.59 Å². The first kappa shape index (κ1) is 15.4. The molecule has 0 aliphatic carbocycles. The highest BCUT2D eigenvalue weighted by Gasteiger charge is 2.18. The fourth-order valence-electron chi connectivity index (χ4n) is 1.44. The number of hydrogen-bond acceptors (Lipinski definition) is 3. The minimum atomic E-state index is -1.21. The normalized spacial score (nSPS) is 11.5. The minimum Gasteiger partial charge on any atom is -0.478 e. The molecule has 0 bridgehead atoms. The first-order valence-electron chi connectivity index (χ1n) is 5.89. The van der Waals surface area contributed by atoms with Crippen LogP contribution in [0.4, 0.5) is 5.69 Å². The van der Waals surface area contributed by atoms with Gasteiger partial charge in [0.1, 0.15) is 5.57 Å². The van der Waals surface area contributed by atoms with Gasteiger partial charge < -0.3 is 10.4 Å². The van der Waals surface area contributed by atoms with Gasteiger partial charge >= 0.3 is 5.97 Å². The SMILES string of the molecule is CC(C)CC(=O)/C(=C\Nc1ccc(Br)cc1)C(=O)O. The molecule has 1 aromatic carbocycles. The molecule has 0 amide bonds. The average Bonchev–Trinajstić information content (AvgIpc) is 2.30. The zero-order chi connectivity index (χ0) is 14.4. The van der Waals surface area contributed by atoms with Crippen LogP contribution in [0.5, 0.6) is 0 Å². The molecule has 0 aliphatic heterocycles. The van der Waals surface area contributed by atoms with E-state index in [4.69, 9.17) is 5.11 Å². The van der Waals surface area contributed by atoms with E-state index in [1.807, 2.05) is 26.0 Å². The van der Waals surface area contributed by atoms with E-state index in [0.717, 1.165) is 10.2 Å². The number of carboxylic acids is 1. The number of benzene rings is 1. The molecule has 0 aliphatic rings. The summed E-state index contributed by atoms with van der Waals surface area (Å²) in [5.74, 6) is -1.45. The molecular weight excluding hydrogens is 310 g/mol. The topological polar surface area (TPSA) is 66.4 Å². The highest BCUT2D eigenvalue weighted by Crippen LogP contribution is 2.15. The van der Waals surface area contributed by atoms with Gasteiger partial charge in [-0.3, -0.25) is 4.79 Å². The molecule has 2 N–H and O–H groups in total. The van der Waals surface area contributed by atoms with Crippen molar-refractivity contribution in [2.75, 3.05) is 5.32 Å². The number of rotatable bonds is 6. The zero-order valence-corrected chi connectivity index (χ0v) is 12.4. The molecule has 4 nitrogen and oxygen atoms in total. The molecule has 5 heteroatoms. The first-order valence-corrected chi connectivity index (χ1v) is 6.68. The number of carbonyl (C=O) groups is 2. The van der Waals surface area contributed by atoms with Gasteiger partial charge in [0.05, 0.1) is 0 Å². The van der Waals surface area contributed by atoms with Gasteiger partial charge in [0, 0.05) is 22.8 Å². The van der Waals surface area contributed by atoms with Crippen LogP contribution in [0.25, 0.3) is 0 Å². The Balaban J connectivity index is 2.81. The van der Waals surface area contributed by atoms with Crippen molar-refractivity contribution in [2.24, 2.45) is 5.92 Å². The highest BCUT2D eigenvalue weighted by atomic mass is 79.9. The molecule has 0 atom stereocenters. The van der Waals surface area contributed by atoms with Gasteiger partial charge in [0.2, 0.25) is 0 Å². The van der Waals surface area contributed by atoms with Crippen molar-refractivity contribution in [1.29, 1.82) is 0 Å². The van der Waals surface area contributed by atoms with Gasteiger partial charge in [-0.1, -0.05) is 29.8 Å². The zero-order valence-electron chi connectivity index (χ0n) is 10.8. The lowest BCUT2D eigenvalue weighted by Crippen LogP contribution is -2.15. The van der Waals surface area contributed by atoms with Crippen molar-refractivity contribution in [3.63, 3.8) is 0 Å². The van der Waals surface area contributed by atoms with Gasteiger partial charge in [-0.05, 0) is 30.2 Å². The van der Waals surface area contributed by atoms with Crippen LogP contribution in [0.15, 0.2) is 40.5 Å². The standard InChI is InChI=1S/C14H16BrNO3/c1-9(2)7-13(17)12(14(18)19)8-16-11-5-3-10(15)4-6-11/h3-6,8-9,16H,7H2,1-2H3,(H,18,19)/b12-8+. The maximum atomic E-state index is 11.8. The van der Waals surface area contributed by atoms with Crippen molar-refractivity contribution >= 4 is 33.4 Å². The fraction of sp³-hybridized carbons (Fsp3) is 0.286. The van der Waals surface area contributed by atoms with Gasteiger partial charge in [-0.2, -0.15) is 0 Å². The largest absolute Gasteiger partial charge is 0.478 e. The third kappa shape index (κ3) is 5.26. The smallest absolute Gasteiger partial charge is 0.340 e. The molecule has 0 radical (unpaired) electrons. The summed E-state index contributed by atoms with van der Waals surface area (Å²) in [6.45, 7) is 3.75. The second-order valence-corrected chi connectivity index (χ2v) is 5.45. The summed E-state index contributed by atoms with van der Waals surface area (Å²) in [4.78, 5) is 22.8. The Hall–Kier alpha value is -1.62. The molecule has 0 saturated heterocycles. The number of carboxylic acid groups (broad SMARTS) is 1. The summed E-state index contributed by atoms with van der Waals surface area (Å²) in [5, 5.41) is 11.9. The van der Waals surface area contributed by atoms with Crippen LogP contribution in [0.3, 0.4) is 0 Å². The predicted octanol–water partition coefficient (Wildman–Crippen LogP) is 3.44. The average molecular weight is 326 g/mol. The summed E-state index contributed by atoms with van der Waals surface area (Å²) in [7, 11) is 0. The van der Waals surface area contributed by atoms with E-state index in [1.54, 1.807) is 12.1 Å². The Labute approximate surface area is 120 Å². The Kier molecular flexibility index (Phi) is 5.76. The maximum absolute atomic E-state index is 11.8. The second kappa shape index (κ2) is 7.09. The van der Waals surface area contributed by atoms with Crippen molar-refractivity contribution in [2.45, 2.75) is 20.3 Å². The number of halogens is 1. The lowest BCUT2D eigenvalue weighted by molar-refractivity contribution is -0.134. The highest BCUT2D eigenvalue weighted by molar-refractivity contribution is 9.10. The van der Waals surface area contributed by atoms with Crippen molar-refractivity contribution in [3.8, 4) is 0 Å². The first-order chi connectivity index (χ1) is 8.90. The number of anilines is 1. The molecule has 1 rings (SSSR count). The fourth-order valence-corrected chi connectivity index (χ4v) is 1.71. The number of carbonyl (C=O) groups excluding carboxylic acids is 1. The Morgan fingerprint density at radius 3 is 2.37 bits per heavy atom. The van der Waals surface area contributed by atoms with Crippen LogP contribution in [-0.4, -0.2) is 16.9 Å². The minimum absolute atomic E-state index is 0.128. The molecule has 0 saturated carbocycles. The second-order valence-electron chi connectivity index (χ2n) is 4.54. The van der Waals surface area contributed by atoms with Crippen LogP contribution in [0.2, 0.25) is 0 Å². The molecular formula is C14H16BrNO3. The summed E-state index contributed by atoms with van der Waals surface area (Å²) in [5.41, 5.74) is 0.496. The summed E-state index contributed by atoms with van der Waals surface area (Å²) in [6.07, 6.45) is 1.47. The molecule has 0 unspecified atom stereocenters. The van der Waals surface area contributed by atoms with Gasteiger partial charge in [-0.15, -0.1) is 0 Å². The predicted molar refractivity (Wildman–Crippen MR) is 77.9 cm³/mol. The molecule has 0 fully saturated rings. The van der Waals surface area contributed by atoms with E-state index in [1.165, 1.54) is 6.20 Å². The van der Waals surface area contributed by atoms with E-state index in [-0.39, 0.29) is 23.7 Å². The Bertz CT molecular complexity index is 492. The third-order valence-electron chi connectivity index (χ3n) is 2.35. The Morgan fingerprint density at radius 1 is 1.32 bits per heavy atom. The lowest BCUT2D eigenvalue weighted by Gasteiger charge is -2.06. The van der Waals surface area contributed by atoms with E-state index in [9.17, 15) is 9.59 Å². The van der Waals surface area contributed by atoms with Crippen LogP contribution >= 0.6 is 15.9 Å². The molecule has 0 spiro atoms. The number of hydrogen-bond donors (Lipinski definition) is 2. The summed E-state index contributed by atoms with van der Waals surface area (Å²) >= 11 is 3.31. The van der Waals surface area contributed by atoms with Gasteiger partial charge in [-0.25, -0.2) is 4.79 Å². The number of nitrogens with one attached hydrogen (secondary N) is 1. The lowest BCUT2D eigenvalue weighted by atomic mass is 10.0. The van der Waals surface area contributed by atoms with E-state index in [0.29, 0.717) is 0 Å². The molecule has 1 aromatic rings. The summed E-state index contributed by atoms with van der Waals surface area (Å²) < 4.78 is 0.927. The van der Waals surface area contributed by atoms with Gasteiger partial charge in [0.25, 0.3) is 0 Å². The van der Waals surface area contributed by atoms with E-state index in [2.05, 4.69) is 21.2 Å². The molecule has 19 heavy (non-hydrogen) atoms.